The fraction of sp³-hybridized carbons (Fsp3) is 0.414. The number of aryl methyl sites for hydroxylation is 2. The van der Waals surface area contributed by atoms with E-state index in [1.54, 1.807) is 50.6 Å². The minimum atomic E-state index is -4.40. The number of ketones is 1. The van der Waals surface area contributed by atoms with Gasteiger partial charge >= 0.3 is 12.1 Å². The maximum atomic E-state index is 13.0. The summed E-state index contributed by atoms with van der Waals surface area (Å²) in [7, 11) is 0. The molecule has 0 saturated heterocycles. The third kappa shape index (κ3) is 6.82. The summed E-state index contributed by atoms with van der Waals surface area (Å²) in [5, 5.41) is 4.58. The number of halogens is 3. The molecule has 6 nitrogen and oxygen atoms in total. The van der Waals surface area contributed by atoms with Crippen LogP contribution in [0.15, 0.2) is 48.5 Å². The predicted octanol–water partition coefficient (Wildman–Crippen LogP) is 6.99. The van der Waals surface area contributed by atoms with Crippen molar-refractivity contribution in [2.45, 2.75) is 72.2 Å². The third-order valence-electron chi connectivity index (χ3n) is 6.05. The zero-order valence-electron chi connectivity index (χ0n) is 22.5. The molecule has 3 rings (SSSR count). The Kier molecular flexibility index (Phi) is 8.69. The van der Waals surface area contributed by atoms with Crippen molar-refractivity contribution in [3.8, 4) is 17.0 Å². The number of rotatable bonds is 10. The first-order valence-electron chi connectivity index (χ1n) is 12.5. The number of ether oxygens (including phenoxy) is 2. The van der Waals surface area contributed by atoms with Gasteiger partial charge in [-0.1, -0.05) is 12.1 Å². The number of carbonyl (C=O) groups excluding carboxylic acids is 2. The van der Waals surface area contributed by atoms with E-state index in [1.165, 1.54) is 12.1 Å². The van der Waals surface area contributed by atoms with E-state index in [1.807, 2.05) is 19.9 Å². The van der Waals surface area contributed by atoms with Crippen LogP contribution in [0.2, 0.25) is 0 Å². The van der Waals surface area contributed by atoms with Crippen LogP contribution in [0.4, 0.5) is 13.2 Å². The maximum absolute atomic E-state index is 13.0. The zero-order chi connectivity index (χ0) is 28.3. The Hall–Kier alpha value is -3.62. The van der Waals surface area contributed by atoms with Crippen LogP contribution in [0, 0.1) is 6.92 Å². The van der Waals surface area contributed by atoms with E-state index in [9.17, 15) is 22.8 Å². The maximum Gasteiger partial charge on any atom is 0.416 e. The molecule has 3 aromatic rings. The summed E-state index contributed by atoms with van der Waals surface area (Å²) >= 11 is 0. The van der Waals surface area contributed by atoms with Gasteiger partial charge in [-0.25, -0.2) is 4.79 Å². The Morgan fingerprint density at radius 1 is 1.03 bits per heavy atom. The van der Waals surface area contributed by atoms with E-state index in [4.69, 9.17) is 9.47 Å². The van der Waals surface area contributed by atoms with Gasteiger partial charge in [0.25, 0.3) is 0 Å². The molecular formula is C29H33F3N2O4. The molecule has 0 aliphatic rings. The van der Waals surface area contributed by atoms with Crippen LogP contribution in [0.3, 0.4) is 0 Å². The molecule has 2 aromatic carbocycles. The number of esters is 1. The average molecular weight is 531 g/mol. The first-order valence-corrected chi connectivity index (χ1v) is 12.5. The standard InChI is InChI=1S/C29H33F3N2O4/c1-7-37-27(36)28(5,6)38-26-15-10-21(16-19(26)4)25(35)14-13-23-17-24(33-34(23)18(2)3)20-8-11-22(12-9-20)29(30,31)32/h8-12,15-18H,7,13-14H2,1-6H3. The molecule has 1 heterocycles. The fourth-order valence-electron chi connectivity index (χ4n) is 3.98. The van der Waals surface area contributed by atoms with Gasteiger partial charge in [-0.15, -0.1) is 0 Å². The van der Waals surface area contributed by atoms with Crippen LogP contribution in [-0.4, -0.2) is 33.7 Å². The monoisotopic (exact) mass is 530 g/mol. The van der Waals surface area contributed by atoms with Crippen molar-refractivity contribution < 1.29 is 32.2 Å². The smallest absolute Gasteiger partial charge is 0.416 e. The topological polar surface area (TPSA) is 70.4 Å². The lowest BCUT2D eigenvalue weighted by Gasteiger charge is -2.25. The number of alkyl halides is 3. The number of aromatic nitrogens is 2. The largest absolute Gasteiger partial charge is 0.476 e. The summed E-state index contributed by atoms with van der Waals surface area (Å²) in [5.74, 6) is -0.0625. The highest BCUT2D eigenvalue weighted by Gasteiger charge is 2.32. The molecule has 0 fully saturated rings. The minimum absolute atomic E-state index is 0.00438. The van der Waals surface area contributed by atoms with Gasteiger partial charge in [-0.2, -0.15) is 18.3 Å². The molecule has 204 valence electrons. The van der Waals surface area contributed by atoms with Gasteiger partial charge in [0.15, 0.2) is 11.4 Å². The fourth-order valence-corrected chi connectivity index (χ4v) is 3.98. The second-order valence-corrected chi connectivity index (χ2v) is 9.87. The normalized spacial score (nSPS) is 12.1. The number of hydrogen-bond donors (Lipinski definition) is 0. The lowest BCUT2D eigenvalue weighted by molar-refractivity contribution is -0.158. The van der Waals surface area contributed by atoms with Crippen LogP contribution in [0.25, 0.3) is 11.3 Å². The van der Waals surface area contributed by atoms with E-state index in [2.05, 4.69) is 5.10 Å². The first kappa shape index (κ1) is 28.9. The second-order valence-electron chi connectivity index (χ2n) is 9.87. The van der Waals surface area contributed by atoms with Crippen molar-refractivity contribution >= 4 is 11.8 Å². The van der Waals surface area contributed by atoms with Crippen LogP contribution < -0.4 is 4.74 Å². The highest BCUT2D eigenvalue weighted by atomic mass is 19.4. The molecule has 0 atom stereocenters. The number of benzene rings is 2. The van der Waals surface area contributed by atoms with Gasteiger partial charge in [0.1, 0.15) is 5.75 Å². The molecule has 0 spiro atoms. The molecule has 0 radical (unpaired) electrons. The van der Waals surface area contributed by atoms with E-state index < -0.39 is 23.3 Å². The van der Waals surface area contributed by atoms with Gasteiger partial charge in [0.05, 0.1) is 17.9 Å². The SMILES string of the molecule is CCOC(=O)C(C)(C)Oc1ccc(C(=O)CCc2cc(-c3ccc(C(F)(F)F)cc3)nn2C(C)C)cc1C. The Balaban J connectivity index is 1.73. The Labute approximate surface area is 220 Å². The van der Waals surface area contributed by atoms with E-state index >= 15 is 0 Å². The van der Waals surface area contributed by atoms with E-state index in [0.717, 1.165) is 17.8 Å². The van der Waals surface area contributed by atoms with Crippen molar-refractivity contribution in [2.75, 3.05) is 6.61 Å². The zero-order valence-corrected chi connectivity index (χ0v) is 22.5. The Morgan fingerprint density at radius 3 is 2.24 bits per heavy atom. The number of carbonyl (C=O) groups is 2. The van der Waals surface area contributed by atoms with E-state index in [0.29, 0.717) is 34.6 Å². The molecule has 0 unspecified atom stereocenters. The summed E-state index contributed by atoms with van der Waals surface area (Å²) in [6.07, 6.45) is -3.77. The summed E-state index contributed by atoms with van der Waals surface area (Å²) in [6.45, 7) is 10.9. The Morgan fingerprint density at radius 2 is 1.68 bits per heavy atom. The lowest BCUT2D eigenvalue weighted by Crippen LogP contribution is -2.39. The molecule has 9 heteroatoms. The predicted molar refractivity (Wildman–Crippen MR) is 138 cm³/mol. The molecule has 0 bridgehead atoms. The van der Waals surface area contributed by atoms with Crippen LogP contribution in [-0.2, 0) is 22.1 Å². The summed E-state index contributed by atoms with van der Waals surface area (Å²) in [4.78, 5) is 25.1. The van der Waals surface area contributed by atoms with Gasteiger partial charge in [0.2, 0.25) is 0 Å². The van der Waals surface area contributed by atoms with Crippen molar-refractivity contribution in [1.82, 2.24) is 9.78 Å². The second kappa shape index (κ2) is 11.4. The molecule has 0 aliphatic heterocycles. The van der Waals surface area contributed by atoms with Crippen molar-refractivity contribution in [3.63, 3.8) is 0 Å². The molecule has 0 N–H and O–H groups in total. The molecule has 0 aliphatic carbocycles. The van der Waals surface area contributed by atoms with Crippen molar-refractivity contribution in [3.05, 3.63) is 70.9 Å². The molecule has 0 saturated carbocycles. The van der Waals surface area contributed by atoms with Gasteiger partial charge < -0.3 is 9.47 Å². The summed E-state index contributed by atoms with van der Waals surface area (Å²) in [6, 6.07) is 11.8. The van der Waals surface area contributed by atoms with E-state index in [-0.39, 0.29) is 24.9 Å². The van der Waals surface area contributed by atoms with Crippen molar-refractivity contribution in [2.24, 2.45) is 0 Å². The van der Waals surface area contributed by atoms with Crippen molar-refractivity contribution in [1.29, 1.82) is 0 Å². The molecular weight excluding hydrogens is 497 g/mol. The molecule has 38 heavy (non-hydrogen) atoms. The van der Waals surface area contributed by atoms with Gasteiger partial charge in [0, 0.05) is 29.3 Å². The average Bonchev–Trinajstić information content (AvgIpc) is 3.28. The number of nitrogens with zero attached hydrogens (tertiary/aromatic N) is 2. The Bertz CT molecular complexity index is 1290. The first-order chi connectivity index (χ1) is 17.7. The van der Waals surface area contributed by atoms with Gasteiger partial charge in [-0.05, 0) is 89.9 Å². The minimum Gasteiger partial charge on any atom is -0.476 e. The number of hydrogen-bond acceptors (Lipinski definition) is 5. The van der Waals surface area contributed by atoms with Crippen LogP contribution in [0.1, 0.15) is 74.3 Å². The summed E-state index contributed by atoms with van der Waals surface area (Å²) < 4.78 is 51.5. The van der Waals surface area contributed by atoms with Crippen LogP contribution >= 0.6 is 0 Å². The highest BCUT2D eigenvalue weighted by Crippen LogP contribution is 2.31. The third-order valence-corrected chi connectivity index (χ3v) is 6.05. The highest BCUT2D eigenvalue weighted by molar-refractivity contribution is 5.96. The molecule has 1 aromatic heterocycles. The summed E-state index contributed by atoms with van der Waals surface area (Å²) in [5.41, 5.74) is 1.28. The molecule has 0 amide bonds. The van der Waals surface area contributed by atoms with Gasteiger partial charge in [-0.3, -0.25) is 9.48 Å². The van der Waals surface area contributed by atoms with Crippen LogP contribution in [0.5, 0.6) is 5.75 Å². The quantitative estimate of drug-likeness (QED) is 0.209. The number of Topliss-reactive ketones (excluding diaryl/α,β-unsaturated/α-hetero) is 1. The lowest BCUT2D eigenvalue weighted by atomic mass is 10.0.